The third-order valence-corrected chi connectivity index (χ3v) is 2.34. The van der Waals surface area contributed by atoms with Gasteiger partial charge in [0.1, 0.15) is 11.4 Å². The third kappa shape index (κ3) is 4.37. The van der Waals surface area contributed by atoms with E-state index >= 15 is 0 Å². The summed E-state index contributed by atoms with van der Waals surface area (Å²) in [7, 11) is -3.60. The number of hydrogen-bond acceptors (Lipinski definition) is 5. The molecule has 0 bridgehead atoms. The van der Waals surface area contributed by atoms with Gasteiger partial charge in [0.15, 0.2) is 0 Å². The molecule has 17 heavy (non-hydrogen) atoms. The van der Waals surface area contributed by atoms with E-state index in [1.807, 2.05) is 0 Å². The van der Waals surface area contributed by atoms with Gasteiger partial charge in [-0.15, -0.1) is 0 Å². The third-order valence-electron chi connectivity index (χ3n) is 1.73. The van der Waals surface area contributed by atoms with Gasteiger partial charge in [0.2, 0.25) is 10.0 Å². The highest BCUT2D eigenvalue weighted by molar-refractivity contribution is 7.89. The van der Waals surface area contributed by atoms with Crippen molar-refractivity contribution in [3.8, 4) is 0 Å². The number of nitrogens with zero attached hydrogens (tertiary/aromatic N) is 2. The maximum atomic E-state index is 11.4. The Morgan fingerprint density at radius 3 is 2.94 bits per heavy atom. The van der Waals surface area contributed by atoms with Gasteiger partial charge in [0.25, 0.3) is 0 Å². The molecule has 0 aliphatic rings. The van der Waals surface area contributed by atoms with E-state index in [1.165, 1.54) is 16.9 Å². The SMILES string of the molecule is CCOC(=O)c1cccn1/N=C\CS(N)(=O)=O. The van der Waals surface area contributed by atoms with E-state index in [-0.39, 0.29) is 12.3 Å². The van der Waals surface area contributed by atoms with Crippen molar-refractivity contribution in [1.82, 2.24) is 4.68 Å². The number of carbonyl (C=O) groups excluding carboxylic acids is 1. The first kappa shape index (κ1) is 13.4. The van der Waals surface area contributed by atoms with Gasteiger partial charge in [-0.2, -0.15) is 5.10 Å². The van der Waals surface area contributed by atoms with Crippen LogP contribution >= 0.6 is 0 Å². The lowest BCUT2D eigenvalue weighted by Crippen LogP contribution is -2.17. The standard InChI is InChI=1S/C9H13N3O4S/c1-2-16-9(13)8-4-3-6-12(8)11-5-7-17(10,14)15/h3-6H,2,7H2,1H3,(H2,10,14,15)/b11-5-. The lowest BCUT2D eigenvalue weighted by Gasteiger charge is -2.02. The Bertz CT molecular complexity index is 518. The van der Waals surface area contributed by atoms with Crippen LogP contribution in [0.3, 0.4) is 0 Å². The minimum absolute atomic E-state index is 0.220. The Morgan fingerprint density at radius 1 is 1.65 bits per heavy atom. The molecule has 0 aromatic carbocycles. The number of esters is 1. The summed E-state index contributed by atoms with van der Waals surface area (Å²) >= 11 is 0. The van der Waals surface area contributed by atoms with Crippen molar-refractivity contribution in [2.75, 3.05) is 12.4 Å². The molecule has 0 unspecified atom stereocenters. The fraction of sp³-hybridized carbons (Fsp3) is 0.333. The summed E-state index contributed by atoms with van der Waals surface area (Å²) in [6, 6.07) is 3.12. The van der Waals surface area contributed by atoms with Crippen molar-refractivity contribution in [1.29, 1.82) is 0 Å². The molecule has 0 saturated carbocycles. The van der Waals surface area contributed by atoms with Crippen LogP contribution in [-0.2, 0) is 14.8 Å². The maximum absolute atomic E-state index is 11.4. The summed E-state index contributed by atoms with van der Waals surface area (Å²) in [6.45, 7) is 1.94. The van der Waals surface area contributed by atoms with Crippen molar-refractivity contribution in [3.05, 3.63) is 24.0 Å². The van der Waals surface area contributed by atoms with Crippen molar-refractivity contribution in [3.63, 3.8) is 0 Å². The Kier molecular flexibility index (Phi) is 4.41. The second-order valence-electron chi connectivity index (χ2n) is 3.09. The molecule has 0 radical (unpaired) electrons. The topological polar surface area (TPSA) is 104 Å². The van der Waals surface area contributed by atoms with E-state index in [4.69, 9.17) is 9.88 Å². The molecule has 0 aliphatic carbocycles. The van der Waals surface area contributed by atoms with Gasteiger partial charge in [0, 0.05) is 12.4 Å². The largest absolute Gasteiger partial charge is 0.461 e. The molecule has 94 valence electrons. The number of nitrogens with two attached hydrogens (primary N) is 1. The Hall–Kier alpha value is -1.67. The van der Waals surface area contributed by atoms with Crippen LogP contribution in [0.1, 0.15) is 17.4 Å². The van der Waals surface area contributed by atoms with Gasteiger partial charge in [-0.05, 0) is 19.1 Å². The summed E-state index contributed by atoms with van der Waals surface area (Å²) in [6.07, 6.45) is 2.62. The number of sulfonamides is 1. The van der Waals surface area contributed by atoms with Crippen molar-refractivity contribution in [2.45, 2.75) is 6.92 Å². The molecule has 1 aromatic heterocycles. The Labute approximate surface area is 98.9 Å². The number of aromatic nitrogens is 1. The predicted molar refractivity (Wildman–Crippen MR) is 62.3 cm³/mol. The number of ether oxygens (including phenoxy) is 1. The van der Waals surface area contributed by atoms with Crippen LogP contribution in [0.2, 0.25) is 0 Å². The molecule has 7 nitrogen and oxygen atoms in total. The van der Waals surface area contributed by atoms with Gasteiger partial charge < -0.3 is 4.74 Å². The second kappa shape index (κ2) is 5.60. The molecule has 1 heterocycles. The minimum Gasteiger partial charge on any atom is -0.461 e. The van der Waals surface area contributed by atoms with Gasteiger partial charge in [-0.3, -0.25) is 0 Å². The summed E-state index contributed by atoms with van der Waals surface area (Å²) in [5.41, 5.74) is 0.220. The van der Waals surface area contributed by atoms with Crippen LogP contribution in [0.15, 0.2) is 23.4 Å². The normalized spacial score (nSPS) is 11.9. The first-order valence-corrected chi connectivity index (χ1v) is 6.53. The number of primary sulfonamides is 1. The van der Waals surface area contributed by atoms with Crippen LogP contribution < -0.4 is 5.14 Å². The van der Waals surface area contributed by atoms with Crippen molar-refractivity contribution >= 4 is 22.2 Å². The summed E-state index contributed by atoms with van der Waals surface area (Å²) < 4.78 is 27.4. The fourth-order valence-corrected chi connectivity index (χ4v) is 1.34. The molecule has 8 heteroatoms. The monoisotopic (exact) mass is 259 g/mol. The van der Waals surface area contributed by atoms with E-state index in [9.17, 15) is 13.2 Å². The highest BCUT2D eigenvalue weighted by Crippen LogP contribution is 2.03. The quantitative estimate of drug-likeness (QED) is 0.583. The van der Waals surface area contributed by atoms with Crippen molar-refractivity contribution in [2.24, 2.45) is 10.2 Å². The molecule has 0 atom stereocenters. The Morgan fingerprint density at radius 2 is 2.35 bits per heavy atom. The van der Waals surface area contributed by atoms with E-state index in [0.29, 0.717) is 0 Å². The van der Waals surface area contributed by atoms with Gasteiger partial charge in [-0.25, -0.2) is 23.0 Å². The van der Waals surface area contributed by atoms with Gasteiger partial charge in [0.05, 0.1) is 6.61 Å². The first-order valence-electron chi connectivity index (χ1n) is 4.82. The summed E-state index contributed by atoms with van der Waals surface area (Å²) in [4.78, 5) is 11.4. The first-order chi connectivity index (χ1) is 7.94. The zero-order chi connectivity index (χ0) is 12.9. The highest BCUT2D eigenvalue weighted by atomic mass is 32.2. The Balaban J connectivity index is 2.79. The van der Waals surface area contributed by atoms with Gasteiger partial charge in [-0.1, -0.05) is 0 Å². The van der Waals surface area contributed by atoms with Gasteiger partial charge >= 0.3 is 5.97 Å². The molecular weight excluding hydrogens is 246 g/mol. The minimum atomic E-state index is -3.60. The predicted octanol–water partition coefficient (Wildman–Crippen LogP) is -0.213. The number of hydrogen-bond donors (Lipinski definition) is 1. The van der Waals surface area contributed by atoms with Crippen LogP contribution in [0.5, 0.6) is 0 Å². The van der Waals surface area contributed by atoms with E-state index in [2.05, 4.69) is 5.10 Å². The van der Waals surface area contributed by atoms with E-state index in [1.54, 1.807) is 13.0 Å². The molecule has 0 amide bonds. The molecule has 2 N–H and O–H groups in total. The molecule has 0 saturated heterocycles. The average Bonchev–Trinajstić information content (AvgIpc) is 2.64. The molecule has 1 rings (SSSR count). The second-order valence-corrected chi connectivity index (χ2v) is 4.75. The maximum Gasteiger partial charge on any atom is 0.356 e. The van der Waals surface area contributed by atoms with Crippen LogP contribution in [0.4, 0.5) is 0 Å². The zero-order valence-corrected chi connectivity index (χ0v) is 10.1. The van der Waals surface area contributed by atoms with Crippen LogP contribution in [-0.4, -0.2) is 37.6 Å². The molecule has 1 aromatic rings. The lowest BCUT2D eigenvalue weighted by molar-refractivity contribution is 0.0515. The fourth-order valence-electron chi connectivity index (χ4n) is 1.06. The van der Waals surface area contributed by atoms with E-state index in [0.717, 1.165) is 6.21 Å². The van der Waals surface area contributed by atoms with Crippen LogP contribution in [0.25, 0.3) is 0 Å². The smallest absolute Gasteiger partial charge is 0.356 e. The molecular formula is C9H13N3O4S. The average molecular weight is 259 g/mol. The molecule has 0 fully saturated rings. The summed E-state index contributed by atoms with van der Waals surface area (Å²) in [5, 5.41) is 8.59. The summed E-state index contributed by atoms with van der Waals surface area (Å²) in [5.74, 6) is -0.918. The van der Waals surface area contributed by atoms with E-state index < -0.39 is 21.7 Å². The molecule has 0 aliphatic heterocycles. The molecule has 0 spiro atoms. The number of carbonyl (C=O) groups is 1. The zero-order valence-electron chi connectivity index (χ0n) is 9.24. The van der Waals surface area contributed by atoms with Crippen molar-refractivity contribution < 1.29 is 17.9 Å². The van der Waals surface area contributed by atoms with Crippen LogP contribution in [0, 0.1) is 0 Å². The lowest BCUT2D eigenvalue weighted by atomic mass is 10.4. The highest BCUT2D eigenvalue weighted by Gasteiger charge is 2.10. The number of rotatable bonds is 5.